The Morgan fingerprint density at radius 2 is 1.83 bits per heavy atom. The molecule has 0 aliphatic carbocycles. The minimum atomic E-state index is -3.73. The van der Waals surface area contributed by atoms with Gasteiger partial charge in [-0.15, -0.1) is 0 Å². The molecule has 2 N–H and O–H groups in total. The number of nitrogens with zero attached hydrogens (tertiary/aromatic N) is 2. The molecule has 0 unspecified atom stereocenters. The molecule has 0 spiro atoms. The first-order chi connectivity index (χ1) is 10.9. The number of benzene rings is 1. The van der Waals surface area contributed by atoms with Crippen molar-refractivity contribution in [3.05, 3.63) is 18.2 Å². The van der Waals surface area contributed by atoms with E-state index >= 15 is 0 Å². The minimum absolute atomic E-state index is 0.0537. The van der Waals surface area contributed by atoms with E-state index in [4.69, 9.17) is 15.2 Å². The Morgan fingerprint density at radius 1 is 1.17 bits per heavy atom. The number of hydrogen-bond donors (Lipinski definition) is 1. The normalized spacial score (nSPS) is 16.2. The highest BCUT2D eigenvalue weighted by atomic mass is 32.2. The van der Waals surface area contributed by atoms with E-state index in [1.165, 1.54) is 24.6 Å². The molecule has 0 bridgehead atoms. The predicted octanol–water partition coefficient (Wildman–Crippen LogP) is -0.505. The lowest BCUT2D eigenvalue weighted by Crippen LogP contribution is -2.51. The van der Waals surface area contributed by atoms with Crippen molar-refractivity contribution in [2.75, 3.05) is 46.9 Å². The van der Waals surface area contributed by atoms with Gasteiger partial charge < -0.3 is 20.1 Å². The summed E-state index contributed by atoms with van der Waals surface area (Å²) in [5.74, 6) is 0.508. The van der Waals surface area contributed by atoms with Gasteiger partial charge >= 0.3 is 0 Å². The molecular weight excluding hydrogens is 322 g/mol. The van der Waals surface area contributed by atoms with Crippen LogP contribution in [0.3, 0.4) is 0 Å². The third-order valence-electron chi connectivity index (χ3n) is 3.75. The Kier molecular flexibility index (Phi) is 5.45. The first kappa shape index (κ1) is 17.5. The van der Waals surface area contributed by atoms with Gasteiger partial charge in [-0.3, -0.25) is 4.79 Å². The van der Waals surface area contributed by atoms with Crippen LogP contribution in [-0.2, 0) is 14.8 Å². The monoisotopic (exact) mass is 343 g/mol. The highest BCUT2D eigenvalue weighted by molar-refractivity contribution is 7.89. The summed E-state index contributed by atoms with van der Waals surface area (Å²) < 4.78 is 37.3. The molecule has 1 aliphatic heterocycles. The van der Waals surface area contributed by atoms with E-state index < -0.39 is 10.0 Å². The molecule has 9 heteroatoms. The highest BCUT2D eigenvalue weighted by Crippen LogP contribution is 2.31. The fraction of sp³-hybridized carbons (Fsp3) is 0.500. The summed E-state index contributed by atoms with van der Waals surface area (Å²) >= 11 is 0. The molecule has 1 aliphatic rings. The lowest BCUT2D eigenvalue weighted by molar-refractivity contribution is -0.130. The van der Waals surface area contributed by atoms with Gasteiger partial charge in [-0.1, -0.05) is 0 Å². The molecule has 1 heterocycles. The summed E-state index contributed by atoms with van der Waals surface area (Å²) in [7, 11) is -0.851. The van der Waals surface area contributed by atoms with Crippen molar-refractivity contribution in [3.8, 4) is 11.5 Å². The maximum atomic E-state index is 12.8. The second kappa shape index (κ2) is 7.16. The molecule has 0 radical (unpaired) electrons. The zero-order chi connectivity index (χ0) is 17.0. The van der Waals surface area contributed by atoms with Gasteiger partial charge in [0.2, 0.25) is 15.9 Å². The van der Waals surface area contributed by atoms with Gasteiger partial charge in [0.1, 0.15) is 16.4 Å². The van der Waals surface area contributed by atoms with Crippen LogP contribution < -0.4 is 15.2 Å². The maximum absolute atomic E-state index is 12.8. The van der Waals surface area contributed by atoms with Crippen molar-refractivity contribution in [1.82, 2.24) is 9.21 Å². The number of piperazine rings is 1. The van der Waals surface area contributed by atoms with E-state index in [2.05, 4.69) is 0 Å². The van der Waals surface area contributed by atoms with Crippen LogP contribution in [-0.4, -0.2) is 70.5 Å². The van der Waals surface area contributed by atoms with Crippen LogP contribution in [0, 0.1) is 0 Å². The van der Waals surface area contributed by atoms with Gasteiger partial charge in [0.15, 0.2) is 0 Å². The largest absolute Gasteiger partial charge is 0.497 e. The zero-order valence-corrected chi connectivity index (χ0v) is 14.0. The van der Waals surface area contributed by atoms with Crippen LogP contribution in [0.5, 0.6) is 11.5 Å². The van der Waals surface area contributed by atoms with Gasteiger partial charge in [0.05, 0.1) is 20.8 Å². The zero-order valence-electron chi connectivity index (χ0n) is 13.2. The molecule has 1 aromatic rings. The Hall–Kier alpha value is -1.84. The second-order valence-corrected chi connectivity index (χ2v) is 6.91. The van der Waals surface area contributed by atoms with Crippen molar-refractivity contribution >= 4 is 15.9 Å². The van der Waals surface area contributed by atoms with Crippen molar-refractivity contribution < 1.29 is 22.7 Å². The summed E-state index contributed by atoms with van der Waals surface area (Å²) in [5.41, 5.74) is 5.33. The molecule has 1 amide bonds. The SMILES string of the molecule is COc1ccc(OC)c(S(=O)(=O)N2CCN(C(=O)CN)CC2)c1. The quantitative estimate of drug-likeness (QED) is 0.773. The van der Waals surface area contributed by atoms with Gasteiger partial charge in [-0.2, -0.15) is 4.31 Å². The molecule has 0 aromatic heterocycles. The third-order valence-corrected chi connectivity index (χ3v) is 5.67. The number of hydrogen-bond acceptors (Lipinski definition) is 6. The van der Waals surface area contributed by atoms with Crippen LogP contribution in [0.25, 0.3) is 0 Å². The number of carbonyl (C=O) groups excluding carboxylic acids is 1. The van der Waals surface area contributed by atoms with Gasteiger partial charge in [0, 0.05) is 32.2 Å². The predicted molar refractivity (Wildman–Crippen MR) is 83.9 cm³/mol. The van der Waals surface area contributed by atoms with E-state index in [-0.39, 0.29) is 36.2 Å². The van der Waals surface area contributed by atoms with Crippen molar-refractivity contribution in [1.29, 1.82) is 0 Å². The van der Waals surface area contributed by atoms with Crippen LogP contribution in [0.2, 0.25) is 0 Å². The van der Waals surface area contributed by atoms with Crippen LogP contribution in [0.4, 0.5) is 0 Å². The summed E-state index contributed by atoms with van der Waals surface area (Å²) in [6.45, 7) is 1.00. The standard InChI is InChI=1S/C14H21N3O5S/c1-21-11-3-4-12(22-2)13(9-11)23(19,20)17-7-5-16(6-8-17)14(18)10-15/h3-4,9H,5-8,10,15H2,1-2H3. The van der Waals surface area contributed by atoms with Crippen molar-refractivity contribution in [3.63, 3.8) is 0 Å². The molecule has 1 fully saturated rings. The topological polar surface area (TPSA) is 102 Å². The molecule has 2 rings (SSSR count). The Morgan fingerprint density at radius 3 is 2.35 bits per heavy atom. The van der Waals surface area contributed by atoms with Gasteiger partial charge in [0.25, 0.3) is 0 Å². The van der Waals surface area contributed by atoms with E-state index in [0.29, 0.717) is 18.8 Å². The first-order valence-electron chi connectivity index (χ1n) is 7.14. The van der Waals surface area contributed by atoms with Gasteiger partial charge in [-0.05, 0) is 12.1 Å². The number of sulfonamides is 1. The summed E-state index contributed by atoms with van der Waals surface area (Å²) in [5, 5.41) is 0. The first-order valence-corrected chi connectivity index (χ1v) is 8.58. The fourth-order valence-electron chi connectivity index (χ4n) is 2.43. The van der Waals surface area contributed by atoms with Crippen LogP contribution in [0.15, 0.2) is 23.1 Å². The number of methoxy groups -OCH3 is 2. The number of nitrogens with two attached hydrogens (primary N) is 1. The van der Waals surface area contributed by atoms with Crippen LogP contribution >= 0.6 is 0 Å². The summed E-state index contributed by atoms with van der Waals surface area (Å²) in [6.07, 6.45) is 0. The average molecular weight is 343 g/mol. The molecule has 23 heavy (non-hydrogen) atoms. The fourth-order valence-corrected chi connectivity index (χ4v) is 4.02. The molecule has 0 saturated carbocycles. The highest BCUT2D eigenvalue weighted by Gasteiger charge is 2.32. The van der Waals surface area contributed by atoms with E-state index in [1.54, 1.807) is 17.0 Å². The molecule has 1 aromatic carbocycles. The van der Waals surface area contributed by atoms with Crippen molar-refractivity contribution in [2.45, 2.75) is 4.90 Å². The third kappa shape index (κ3) is 3.57. The molecule has 0 atom stereocenters. The van der Waals surface area contributed by atoms with Crippen LogP contribution in [0.1, 0.15) is 0 Å². The van der Waals surface area contributed by atoms with E-state index in [9.17, 15) is 13.2 Å². The molecule has 1 saturated heterocycles. The second-order valence-electron chi connectivity index (χ2n) is 5.01. The molecule has 128 valence electrons. The van der Waals surface area contributed by atoms with E-state index in [0.717, 1.165) is 0 Å². The van der Waals surface area contributed by atoms with Gasteiger partial charge in [-0.25, -0.2) is 8.42 Å². The summed E-state index contributed by atoms with van der Waals surface area (Å²) in [4.78, 5) is 13.2. The number of ether oxygens (including phenoxy) is 2. The minimum Gasteiger partial charge on any atom is -0.497 e. The molecular formula is C14H21N3O5S. The number of amides is 1. The molecule has 8 nitrogen and oxygen atoms in total. The lowest BCUT2D eigenvalue weighted by atomic mass is 10.3. The average Bonchev–Trinajstić information content (AvgIpc) is 2.60. The Bertz CT molecular complexity index is 669. The maximum Gasteiger partial charge on any atom is 0.247 e. The lowest BCUT2D eigenvalue weighted by Gasteiger charge is -2.34. The summed E-state index contributed by atoms with van der Waals surface area (Å²) in [6, 6.07) is 4.63. The Labute approximate surface area is 135 Å². The smallest absolute Gasteiger partial charge is 0.247 e. The van der Waals surface area contributed by atoms with E-state index in [1.807, 2.05) is 0 Å². The van der Waals surface area contributed by atoms with Crippen molar-refractivity contribution in [2.24, 2.45) is 5.73 Å². The Balaban J connectivity index is 2.24. The number of rotatable bonds is 5. The number of carbonyl (C=O) groups is 1.